The van der Waals surface area contributed by atoms with Gasteiger partial charge in [-0.25, -0.2) is 4.79 Å². The minimum absolute atomic E-state index is 0.115. The Bertz CT molecular complexity index is 432. The van der Waals surface area contributed by atoms with E-state index in [0.29, 0.717) is 11.8 Å². The molecule has 0 saturated heterocycles. The molecule has 0 aliphatic carbocycles. The molecule has 0 aromatic carbocycles. The van der Waals surface area contributed by atoms with Crippen LogP contribution >= 0.6 is 22.9 Å². The van der Waals surface area contributed by atoms with Crippen LogP contribution in [-0.4, -0.2) is 49.2 Å². The van der Waals surface area contributed by atoms with Crippen molar-refractivity contribution in [1.29, 1.82) is 0 Å². The van der Waals surface area contributed by atoms with E-state index in [1.807, 2.05) is 32.8 Å². The average Bonchev–Trinajstić information content (AvgIpc) is 2.67. The van der Waals surface area contributed by atoms with Gasteiger partial charge in [-0.3, -0.25) is 0 Å². The summed E-state index contributed by atoms with van der Waals surface area (Å²) in [6.07, 6.45) is 0. The van der Waals surface area contributed by atoms with Crippen LogP contribution in [0.1, 0.15) is 23.5 Å². The second-order valence-electron chi connectivity index (χ2n) is 4.59. The van der Waals surface area contributed by atoms with Crippen LogP contribution in [0, 0.1) is 0 Å². The van der Waals surface area contributed by atoms with E-state index in [2.05, 4.69) is 9.72 Å². The predicted molar refractivity (Wildman–Crippen MR) is 71.7 cm³/mol. The second-order valence-corrected chi connectivity index (χ2v) is 5.91. The summed E-state index contributed by atoms with van der Waals surface area (Å²) in [7, 11) is 5.24. The summed E-state index contributed by atoms with van der Waals surface area (Å²) < 4.78 is 10.2. The summed E-state index contributed by atoms with van der Waals surface area (Å²) in [5.41, 5.74) is -0.135. The molecule has 0 N–H and O–H groups in total. The molecular formula is C11H17ClN2O3S. The third-order valence-electron chi connectivity index (χ3n) is 2.70. The lowest BCUT2D eigenvalue weighted by Crippen LogP contribution is -2.43. The van der Waals surface area contributed by atoms with Gasteiger partial charge in [0.25, 0.3) is 5.19 Å². The number of carbonyl (C=O) groups is 1. The normalized spacial score (nSPS) is 11.7. The van der Waals surface area contributed by atoms with Crippen LogP contribution in [0.2, 0.25) is 5.15 Å². The number of aromatic nitrogens is 1. The smallest absolute Gasteiger partial charge is 0.351 e. The lowest BCUT2D eigenvalue weighted by molar-refractivity contribution is 0.0606. The van der Waals surface area contributed by atoms with Gasteiger partial charge in [0.15, 0.2) is 10.0 Å². The Labute approximate surface area is 116 Å². The predicted octanol–water partition coefficient (Wildman–Crippen LogP) is 2.30. The molecule has 0 amide bonds. The number of hydrogen-bond acceptors (Lipinski definition) is 6. The van der Waals surface area contributed by atoms with E-state index in [0.717, 1.165) is 11.3 Å². The van der Waals surface area contributed by atoms with Crippen LogP contribution in [-0.2, 0) is 4.74 Å². The van der Waals surface area contributed by atoms with Crippen molar-refractivity contribution in [2.24, 2.45) is 0 Å². The minimum Gasteiger partial charge on any atom is -0.468 e. The van der Waals surface area contributed by atoms with Gasteiger partial charge in [0.1, 0.15) is 6.61 Å². The van der Waals surface area contributed by atoms with Gasteiger partial charge in [-0.15, -0.1) is 0 Å². The van der Waals surface area contributed by atoms with Crippen LogP contribution in [0.5, 0.6) is 5.19 Å². The van der Waals surface area contributed by atoms with Crippen LogP contribution in [0.25, 0.3) is 0 Å². The third kappa shape index (κ3) is 3.57. The van der Waals surface area contributed by atoms with E-state index in [-0.39, 0.29) is 15.6 Å². The number of thiazole rings is 1. The monoisotopic (exact) mass is 292 g/mol. The van der Waals surface area contributed by atoms with Crippen molar-refractivity contribution in [3.05, 3.63) is 10.0 Å². The number of likely N-dealkylation sites (N-methyl/N-ethyl adjacent to an activating group) is 1. The van der Waals surface area contributed by atoms with E-state index in [9.17, 15) is 4.79 Å². The van der Waals surface area contributed by atoms with Crippen LogP contribution < -0.4 is 4.74 Å². The number of halogens is 1. The van der Waals surface area contributed by atoms with E-state index < -0.39 is 5.97 Å². The zero-order chi connectivity index (χ0) is 13.9. The number of rotatable bonds is 5. The zero-order valence-electron chi connectivity index (χ0n) is 11.1. The molecule has 1 aromatic heterocycles. The van der Waals surface area contributed by atoms with Crippen molar-refractivity contribution in [1.82, 2.24) is 9.88 Å². The third-order valence-corrected chi connectivity index (χ3v) is 4.03. The molecule has 1 heterocycles. The van der Waals surface area contributed by atoms with Crippen molar-refractivity contribution in [3.63, 3.8) is 0 Å². The summed E-state index contributed by atoms with van der Waals surface area (Å²) in [5, 5.41) is 0.486. The molecule has 1 rings (SSSR count). The van der Waals surface area contributed by atoms with Crippen LogP contribution in [0.15, 0.2) is 0 Å². The summed E-state index contributed by atoms with van der Waals surface area (Å²) in [4.78, 5) is 17.6. The lowest BCUT2D eigenvalue weighted by atomic mass is 10.1. The Morgan fingerprint density at radius 1 is 1.50 bits per heavy atom. The SMILES string of the molecule is COC(=O)c1sc(OCC(C)(C)N(C)C)nc1Cl. The van der Waals surface area contributed by atoms with Crippen molar-refractivity contribution >= 4 is 28.9 Å². The van der Waals surface area contributed by atoms with Crippen LogP contribution in [0.4, 0.5) is 0 Å². The van der Waals surface area contributed by atoms with Crippen molar-refractivity contribution in [3.8, 4) is 5.19 Å². The number of nitrogens with zero attached hydrogens (tertiary/aromatic N) is 2. The van der Waals surface area contributed by atoms with E-state index in [1.165, 1.54) is 7.11 Å². The summed E-state index contributed by atoms with van der Waals surface area (Å²) in [6.45, 7) is 4.54. The Morgan fingerprint density at radius 2 is 2.11 bits per heavy atom. The zero-order valence-corrected chi connectivity index (χ0v) is 12.7. The largest absolute Gasteiger partial charge is 0.468 e. The van der Waals surface area contributed by atoms with Crippen molar-refractivity contribution in [2.75, 3.05) is 27.8 Å². The molecule has 0 radical (unpaired) electrons. The van der Waals surface area contributed by atoms with Gasteiger partial charge in [0.2, 0.25) is 0 Å². The van der Waals surface area contributed by atoms with Crippen LogP contribution in [0.3, 0.4) is 0 Å². The Kier molecular flexibility index (Phi) is 4.95. The minimum atomic E-state index is -0.501. The molecule has 0 aliphatic heterocycles. The Hall–Kier alpha value is -0.850. The van der Waals surface area contributed by atoms with Gasteiger partial charge in [-0.2, -0.15) is 4.98 Å². The Balaban J connectivity index is 2.73. The molecule has 18 heavy (non-hydrogen) atoms. The number of esters is 1. The molecule has 0 unspecified atom stereocenters. The fourth-order valence-corrected chi connectivity index (χ4v) is 1.98. The molecule has 0 bridgehead atoms. The molecule has 1 aromatic rings. The maximum absolute atomic E-state index is 11.4. The maximum atomic E-state index is 11.4. The standard InChI is InChI=1S/C11H17ClN2O3S/c1-11(2,14(3)4)6-17-10-13-8(12)7(18-10)9(15)16-5/h6H2,1-5H3. The van der Waals surface area contributed by atoms with Gasteiger partial charge in [-0.1, -0.05) is 22.9 Å². The molecule has 7 heteroatoms. The fraction of sp³-hybridized carbons (Fsp3) is 0.636. The van der Waals surface area contributed by atoms with Crippen molar-refractivity contribution in [2.45, 2.75) is 19.4 Å². The van der Waals surface area contributed by atoms with E-state index in [1.54, 1.807) is 0 Å². The molecule has 0 fully saturated rings. The molecular weight excluding hydrogens is 276 g/mol. The van der Waals surface area contributed by atoms with Crippen molar-refractivity contribution < 1.29 is 14.3 Å². The molecule has 0 atom stereocenters. The van der Waals surface area contributed by atoms with Gasteiger partial charge < -0.3 is 14.4 Å². The fourth-order valence-electron chi connectivity index (χ4n) is 0.931. The highest BCUT2D eigenvalue weighted by Crippen LogP contribution is 2.29. The average molecular weight is 293 g/mol. The first-order valence-corrected chi connectivity index (χ1v) is 6.52. The Morgan fingerprint density at radius 3 is 2.61 bits per heavy atom. The van der Waals surface area contributed by atoms with Gasteiger partial charge in [-0.05, 0) is 27.9 Å². The summed E-state index contributed by atoms with van der Waals surface area (Å²) >= 11 is 6.93. The molecule has 0 spiro atoms. The highest BCUT2D eigenvalue weighted by molar-refractivity contribution is 7.15. The summed E-state index contributed by atoms with van der Waals surface area (Å²) in [5.74, 6) is -0.501. The van der Waals surface area contributed by atoms with Gasteiger partial charge in [0, 0.05) is 5.54 Å². The number of hydrogen-bond donors (Lipinski definition) is 0. The van der Waals surface area contributed by atoms with Gasteiger partial charge in [0.05, 0.1) is 7.11 Å². The van der Waals surface area contributed by atoms with E-state index >= 15 is 0 Å². The highest BCUT2D eigenvalue weighted by atomic mass is 35.5. The maximum Gasteiger partial charge on any atom is 0.351 e. The molecule has 0 saturated carbocycles. The quantitative estimate of drug-likeness (QED) is 0.780. The number of methoxy groups -OCH3 is 1. The molecule has 5 nitrogen and oxygen atoms in total. The highest BCUT2D eigenvalue weighted by Gasteiger charge is 2.23. The summed E-state index contributed by atoms with van der Waals surface area (Å²) in [6, 6.07) is 0. The molecule has 102 valence electrons. The topological polar surface area (TPSA) is 51.7 Å². The first-order valence-electron chi connectivity index (χ1n) is 5.33. The van der Waals surface area contributed by atoms with Gasteiger partial charge >= 0.3 is 5.97 Å². The lowest BCUT2D eigenvalue weighted by Gasteiger charge is -2.31. The first kappa shape index (κ1) is 15.2. The molecule has 0 aliphatic rings. The van der Waals surface area contributed by atoms with E-state index in [4.69, 9.17) is 16.3 Å². The number of ether oxygens (including phenoxy) is 2. The number of carbonyl (C=O) groups excluding carboxylic acids is 1. The first-order chi connectivity index (χ1) is 8.27. The second kappa shape index (κ2) is 5.86.